The van der Waals surface area contributed by atoms with Crippen molar-refractivity contribution in [2.24, 2.45) is 5.92 Å². The van der Waals surface area contributed by atoms with Crippen molar-refractivity contribution in [2.45, 2.75) is 26.4 Å². The zero-order chi connectivity index (χ0) is 13.7. The number of ketones is 1. The summed E-state index contributed by atoms with van der Waals surface area (Å²) >= 11 is 0. The van der Waals surface area contributed by atoms with E-state index >= 15 is 0 Å². The van der Waals surface area contributed by atoms with Gasteiger partial charge in [-0.25, -0.2) is 4.79 Å². The second-order valence-corrected chi connectivity index (χ2v) is 5.05. The normalized spacial score (nSPS) is 18.4. The maximum Gasteiger partial charge on any atom is 0.410 e. The van der Waals surface area contributed by atoms with Crippen molar-refractivity contribution in [3.8, 4) is 0 Å². The first kappa shape index (κ1) is 13.6. The molecule has 0 bridgehead atoms. The largest absolute Gasteiger partial charge is 0.445 e. The van der Waals surface area contributed by atoms with Crippen LogP contribution in [0.1, 0.15) is 25.3 Å². The standard InChI is InChI=1S/C15H19NO3/c1-12(17)9-14-7-8-16(10-14)15(18)19-11-13-5-3-2-4-6-13/h2-6,14H,7-11H2,1H3. The molecule has 0 radical (unpaired) electrons. The van der Waals surface area contributed by atoms with E-state index in [0.717, 1.165) is 12.0 Å². The Morgan fingerprint density at radius 2 is 2.05 bits per heavy atom. The average molecular weight is 261 g/mol. The number of hydrogen-bond donors (Lipinski definition) is 0. The number of Topliss-reactive ketones (excluding diaryl/α,β-unsaturated/α-hetero) is 1. The second-order valence-electron chi connectivity index (χ2n) is 5.05. The summed E-state index contributed by atoms with van der Waals surface area (Å²) in [5.74, 6) is 0.478. The van der Waals surface area contributed by atoms with Gasteiger partial charge in [0.2, 0.25) is 0 Å². The molecule has 1 saturated heterocycles. The highest BCUT2D eigenvalue weighted by Gasteiger charge is 2.27. The lowest BCUT2D eigenvalue weighted by Crippen LogP contribution is -2.29. The van der Waals surface area contributed by atoms with E-state index in [1.165, 1.54) is 0 Å². The molecular weight excluding hydrogens is 242 g/mol. The highest BCUT2D eigenvalue weighted by Crippen LogP contribution is 2.20. The average Bonchev–Trinajstić information content (AvgIpc) is 2.85. The van der Waals surface area contributed by atoms with Crippen LogP contribution in [0.15, 0.2) is 30.3 Å². The molecule has 1 unspecified atom stereocenters. The van der Waals surface area contributed by atoms with Crippen molar-refractivity contribution in [3.05, 3.63) is 35.9 Å². The fourth-order valence-electron chi connectivity index (χ4n) is 2.38. The minimum atomic E-state index is -0.282. The Kier molecular flexibility index (Phi) is 4.55. The molecule has 1 aliphatic heterocycles. The van der Waals surface area contributed by atoms with Gasteiger partial charge >= 0.3 is 6.09 Å². The van der Waals surface area contributed by atoms with Crippen molar-refractivity contribution >= 4 is 11.9 Å². The molecule has 102 valence electrons. The highest BCUT2D eigenvalue weighted by molar-refractivity contribution is 5.76. The van der Waals surface area contributed by atoms with Gasteiger partial charge in [-0.15, -0.1) is 0 Å². The number of carbonyl (C=O) groups excluding carboxylic acids is 2. The molecule has 1 aliphatic rings. The molecule has 0 saturated carbocycles. The molecule has 4 heteroatoms. The SMILES string of the molecule is CC(=O)CC1CCN(C(=O)OCc2ccccc2)C1. The van der Waals surface area contributed by atoms with Crippen LogP contribution in [-0.4, -0.2) is 29.9 Å². The summed E-state index contributed by atoms with van der Waals surface area (Å²) in [6.45, 7) is 3.21. The number of benzene rings is 1. The second kappa shape index (κ2) is 6.36. The van der Waals surface area contributed by atoms with Gasteiger partial charge in [-0.1, -0.05) is 30.3 Å². The van der Waals surface area contributed by atoms with Crippen molar-refractivity contribution in [3.63, 3.8) is 0 Å². The highest BCUT2D eigenvalue weighted by atomic mass is 16.6. The fourth-order valence-corrected chi connectivity index (χ4v) is 2.38. The Bertz CT molecular complexity index is 444. The number of carbonyl (C=O) groups is 2. The van der Waals surface area contributed by atoms with E-state index in [0.29, 0.717) is 32.0 Å². The summed E-state index contributed by atoms with van der Waals surface area (Å²) in [5, 5.41) is 0. The van der Waals surface area contributed by atoms with Crippen LogP contribution in [0.5, 0.6) is 0 Å². The van der Waals surface area contributed by atoms with Crippen LogP contribution >= 0.6 is 0 Å². The number of ether oxygens (including phenoxy) is 1. The van der Waals surface area contributed by atoms with E-state index in [1.807, 2.05) is 30.3 Å². The molecule has 1 heterocycles. The van der Waals surface area contributed by atoms with E-state index in [-0.39, 0.29) is 11.9 Å². The lowest BCUT2D eigenvalue weighted by molar-refractivity contribution is -0.117. The number of hydrogen-bond acceptors (Lipinski definition) is 3. The van der Waals surface area contributed by atoms with E-state index in [4.69, 9.17) is 4.74 Å². The smallest absolute Gasteiger partial charge is 0.410 e. The molecule has 2 rings (SSSR count). The first-order valence-corrected chi connectivity index (χ1v) is 6.60. The van der Waals surface area contributed by atoms with Crippen molar-refractivity contribution in [1.29, 1.82) is 0 Å². The summed E-state index contributed by atoms with van der Waals surface area (Å²) in [6, 6.07) is 9.62. The van der Waals surface area contributed by atoms with Crippen LogP contribution in [0.25, 0.3) is 0 Å². The van der Waals surface area contributed by atoms with Gasteiger partial charge in [-0.05, 0) is 24.8 Å². The molecule has 1 amide bonds. The number of nitrogens with zero attached hydrogens (tertiary/aromatic N) is 1. The van der Waals surface area contributed by atoms with Crippen LogP contribution in [0.3, 0.4) is 0 Å². The maximum atomic E-state index is 11.9. The third-order valence-corrected chi connectivity index (χ3v) is 3.33. The molecule has 19 heavy (non-hydrogen) atoms. The topological polar surface area (TPSA) is 46.6 Å². The third kappa shape index (κ3) is 4.09. The van der Waals surface area contributed by atoms with Gasteiger partial charge in [0.1, 0.15) is 12.4 Å². The predicted molar refractivity (Wildman–Crippen MR) is 71.6 cm³/mol. The van der Waals surface area contributed by atoms with Gasteiger partial charge in [0.15, 0.2) is 0 Å². The van der Waals surface area contributed by atoms with E-state index < -0.39 is 0 Å². The van der Waals surface area contributed by atoms with Gasteiger partial charge in [0.05, 0.1) is 0 Å². The lowest BCUT2D eigenvalue weighted by Gasteiger charge is -2.16. The van der Waals surface area contributed by atoms with Crippen molar-refractivity contribution in [1.82, 2.24) is 4.90 Å². The summed E-state index contributed by atoms with van der Waals surface area (Å²) < 4.78 is 5.27. The monoisotopic (exact) mass is 261 g/mol. The predicted octanol–water partition coefficient (Wildman–Crippen LogP) is 2.62. The van der Waals surface area contributed by atoms with Gasteiger partial charge in [-0.2, -0.15) is 0 Å². The Balaban J connectivity index is 1.77. The molecule has 1 aromatic rings. The lowest BCUT2D eigenvalue weighted by atomic mass is 10.0. The fraction of sp³-hybridized carbons (Fsp3) is 0.467. The first-order valence-electron chi connectivity index (χ1n) is 6.60. The summed E-state index contributed by atoms with van der Waals surface area (Å²) in [4.78, 5) is 24.6. The Morgan fingerprint density at radius 3 is 2.74 bits per heavy atom. The van der Waals surface area contributed by atoms with Crippen LogP contribution in [-0.2, 0) is 16.1 Å². The van der Waals surface area contributed by atoms with Gasteiger partial charge < -0.3 is 14.4 Å². The van der Waals surface area contributed by atoms with Gasteiger partial charge in [-0.3, -0.25) is 0 Å². The summed E-state index contributed by atoms with van der Waals surface area (Å²) in [5.41, 5.74) is 0.982. The van der Waals surface area contributed by atoms with Crippen LogP contribution in [0, 0.1) is 5.92 Å². The molecule has 1 fully saturated rings. The van der Waals surface area contributed by atoms with Crippen LogP contribution in [0.2, 0.25) is 0 Å². The molecule has 1 aromatic carbocycles. The Hall–Kier alpha value is -1.84. The summed E-state index contributed by atoms with van der Waals surface area (Å²) in [6.07, 6.45) is 1.16. The minimum absolute atomic E-state index is 0.185. The van der Waals surface area contributed by atoms with Gasteiger partial charge in [0, 0.05) is 19.5 Å². The quantitative estimate of drug-likeness (QED) is 0.837. The van der Waals surface area contributed by atoms with E-state index in [2.05, 4.69) is 0 Å². The van der Waals surface area contributed by atoms with Crippen molar-refractivity contribution in [2.75, 3.05) is 13.1 Å². The van der Waals surface area contributed by atoms with Crippen LogP contribution < -0.4 is 0 Å². The Morgan fingerprint density at radius 1 is 1.32 bits per heavy atom. The van der Waals surface area contributed by atoms with E-state index in [1.54, 1.807) is 11.8 Å². The molecule has 0 aromatic heterocycles. The number of likely N-dealkylation sites (tertiary alicyclic amines) is 1. The van der Waals surface area contributed by atoms with E-state index in [9.17, 15) is 9.59 Å². The molecule has 0 aliphatic carbocycles. The maximum absolute atomic E-state index is 11.9. The number of amides is 1. The zero-order valence-corrected chi connectivity index (χ0v) is 11.2. The third-order valence-electron chi connectivity index (χ3n) is 3.33. The number of rotatable bonds is 4. The minimum Gasteiger partial charge on any atom is -0.445 e. The zero-order valence-electron chi connectivity index (χ0n) is 11.2. The first-order chi connectivity index (χ1) is 9.15. The molecule has 4 nitrogen and oxygen atoms in total. The van der Waals surface area contributed by atoms with Crippen molar-refractivity contribution < 1.29 is 14.3 Å². The molecular formula is C15H19NO3. The molecule has 0 spiro atoms. The Labute approximate surface area is 113 Å². The molecule has 0 N–H and O–H groups in total. The summed E-state index contributed by atoms with van der Waals surface area (Å²) in [7, 11) is 0. The molecule has 1 atom stereocenters. The van der Waals surface area contributed by atoms with Gasteiger partial charge in [0.25, 0.3) is 0 Å². The van der Waals surface area contributed by atoms with Crippen LogP contribution in [0.4, 0.5) is 4.79 Å².